The van der Waals surface area contributed by atoms with Crippen molar-refractivity contribution in [2.24, 2.45) is 5.92 Å². The van der Waals surface area contributed by atoms with Crippen LogP contribution in [0.4, 0.5) is 5.69 Å². The summed E-state index contributed by atoms with van der Waals surface area (Å²) in [7, 11) is 0. The highest BCUT2D eigenvalue weighted by atomic mass is 16.6. The average Bonchev–Trinajstić information content (AvgIpc) is 3.22. The molecular weight excluding hydrogens is 284 g/mol. The van der Waals surface area contributed by atoms with Gasteiger partial charge in [-0.25, -0.2) is 4.98 Å². The van der Waals surface area contributed by atoms with Gasteiger partial charge < -0.3 is 9.88 Å². The number of aromatic nitrogens is 2. The van der Waals surface area contributed by atoms with Crippen molar-refractivity contribution in [3.63, 3.8) is 0 Å². The normalized spacial score (nSPS) is 15.3. The van der Waals surface area contributed by atoms with Crippen LogP contribution in [0.25, 0.3) is 5.69 Å². The Morgan fingerprint density at radius 3 is 2.86 bits per heavy atom. The second-order valence-corrected chi connectivity index (χ2v) is 5.53. The van der Waals surface area contributed by atoms with E-state index in [1.165, 1.54) is 12.4 Å². The molecule has 0 saturated heterocycles. The van der Waals surface area contributed by atoms with E-state index in [0.29, 0.717) is 17.2 Å². The molecule has 0 radical (unpaired) electrons. The molecule has 1 heterocycles. The molecule has 1 saturated carbocycles. The molecule has 22 heavy (non-hydrogen) atoms. The fraction of sp³-hybridized carbons (Fsp3) is 0.333. The van der Waals surface area contributed by atoms with Gasteiger partial charge >= 0.3 is 0 Å². The van der Waals surface area contributed by atoms with Gasteiger partial charge in [0.15, 0.2) is 0 Å². The van der Waals surface area contributed by atoms with E-state index in [-0.39, 0.29) is 17.6 Å². The zero-order valence-electron chi connectivity index (χ0n) is 12.1. The van der Waals surface area contributed by atoms with E-state index in [2.05, 4.69) is 10.3 Å². The van der Waals surface area contributed by atoms with Crippen molar-refractivity contribution in [3.05, 3.63) is 52.6 Å². The molecular formula is C15H16N4O3. The van der Waals surface area contributed by atoms with Crippen LogP contribution in [0.15, 0.2) is 36.9 Å². The number of carbonyl (C=O) groups excluding carboxylic acids is 1. The molecule has 2 aromatic rings. The quantitative estimate of drug-likeness (QED) is 0.677. The molecule has 1 aliphatic carbocycles. The van der Waals surface area contributed by atoms with Crippen LogP contribution in [0.2, 0.25) is 0 Å². The van der Waals surface area contributed by atoms with E-state index < -0.39 is 4.92 Å². The van der Waals surface area contributed by atoms with Gasteiger partial charge in [-0.15, -0.1) is 0 Å². The molecule has 1 amide bonds. The number of nitro benzene ring substituents is 1. The van der Waals surface area contributed by atoms with Crippen molar-refractivity contribution in [1.82, 2.24) is 14.9 Å². The predicted octanol–water partition coefficient (Wildman–Crippen LogP) is 2.31. The van der Waals surface area contributed by atoms with E-state index in [1.54, 1.807) is 29.1 Å². The fourth-order valence-electron chi connectivity index (χ4n) is 2.44. The molecule has 1 aliphatic rings. The molecule has 1 aromatic carbocycles. The highest BCUT2D eigenvalue weighted by molar-refractivity contribution is 5.95. The van der Waals surface area contributed by atoms with Gasteiger partial charge in [-0.2, -0.15) is 0 Å². The van der Waals surface area contributed by atoms with Crippen molar-refractivity contribution in [2.45, 2.75) is 25.8 Å². The average molecular weight is 300 g/mol. The summed E-state index contributed by atoms with van der Waals surface area (Å²) in [5, 5.41) is 14.2. The molecule has 1 N–H and O–H groups in total. The van der Waals surface area contributed by atoms with E-state index in [4.69, 9.17) is 0 Å². The van der Waals surface area contributed by atoms with Gasteiger partial charge in [0.05, 0.1) is 11.3 Å². The van der Waals surface area contributed by atoms with Crippen LogP contribution in [0.3, 0.4) is 0 Å². The van der Waals surface area contributed by atoms with Crippen LogP contribution in [0.1, 0.15) is 30.1 Å². The van der Waals surface area contributed by atoms with Gasteiger partial charge in [-0.05, 0) is 37.8 Å². The summed E-state index contributed by atoms with van der Waals surface area (Å²) in [4.78, 5) is 26.9. The molecule has 1 aromatic heterocycles. The largest absolute Gasteiger partial charge is 0.349 e. The minimum Gasteiger partial charge on any atom is -0.349 e. The summed E-state index contributed by atoms with van der Waals surface area (Å²) in [5.41, 5.74) is 0.557. The summed E-state index contributed by atoms with van der Waals surface area (Å²) < 4.78 is 1.55. The number of carbonyl (C=O) groups is 1. The smallest absolute Gasteiger partial charge is 0.294 e. The van der Waals surface area contributed by atoms with Gasteiger partial charge in [0, 0.05) is 30.1 Å². The first-order chi connectivity index (χ1) is 10.6. The minimum absolute atomic E-state index is 0.0971. The number of rotatable bonds is 5. The number of benzene rings is 1. The number of amides is 1. The first-order valence-electron chi connectivity index (χ1n) is 7.14. The van der Waals surface area contributed by atoms with Crippen molar-refractivity contribution in [3.8, 4) is 5.69 Å². The Kier molecular flexibility index (Phi) is 3.62. The summed E-state index contributed by atoms with van der Waals surface area (Å²) in [5.74, 6) is 0.254. The second kappa shape index (κ2) is 5.59. The number of nitro groups is 1. The molecule has 3 rings (SSSR count). The van der Waals surface area contributed by atoms with Crippen LogP contribution in [-0.4, -0.2) is 26.4 Å². The Labute approximate surface area is 127 Å². The van der Waals surface area contributed by atoms with Gasteiger partial charge in [0.25, 0.3) is 11.6 Å². The molecule has 1 atom stereocenters. The fourth-order valence-corrected chi connectivity index (χ4v) is 2.44. The third kappa shape index (κ3) is 2.83. The van der Waals surface area contributed by atoms with Crippen molar-refractivity contribution in [2.75, 3.05) is 0 Å². The summed E-state index contributed by atoms with van der Waals surface area (Å²) in [6.45, 7) is 1.96. The Hall–Kier alpha value is -2.70. The molecule has 0 unspecified atom stereocenters. The monoisotopic (exact) mass is 300 g/mol. The van der Waals surface area contributed by atoms with Gasteiger partial charge in [0.2, 0.25) is 0 Å². The lowest BCUT2D eigenvalue weighted by molar-refractivity contribution is -0.384. The van der Waals surface area contributed by atoms with E-state index in [9.17, 15) is 14.9 Å². The van der Waals surface area contributed by atoms with Crippen LogP contribution in [0.5, 0.6) is 0 Å². The van der Waals surface area contributed by atoms with Crippen molar-refractivity contribution < 1.29 is 9.72 Å². The minimum atomic E-state index is -0.490. The van der Waals surface area contributed by atoms with Crippen molar-refractivity contribution in [1.29, 1.82) is 0 Å². The van der Waals surface area contributed by atoms with Gasteiger partial charge in [-0.1, -0.05) is 0 Å². The maximum Gasteiger partial charge on any atom is 0.294 e. The van der Waals surface area contributed by atoms with Crippen LogP contribution in [-0.2, 0) is 0 Å². The van der Waals surface area contributed by atoms with E-state index in [0.717, 1.165) is 12.8 Å². The van der Waals surface area contributed by atoms with E-state index >= 15 is 0 Å². The Morgan fingerprint density at radius 1 is 1.50 bits per heavy atom. The zero-order chi connectivity index (χ0) is 15.7. The lowest BCUT2D eigenvalue weighted by atomic mass is 10.1. The first-order valence-corrected chi connectivity index (χ1v) is 7.14. The maximum absolute atomic E-state index is 12.2. The van der Waals surface area contributed by atoms with Crippen molar-refractivity contribution >= 4 is 11.6 Å². The highest BCUT2D eigenvalue weighted by Gasteiger charge is 2.29. The highest BCUT2D eigenvalue weighted by Crippen LogP contribution is 2.32. The molecule has 0 aliphatic heterocycles. The first kappa shape index (κ1) is 14.2. The van der Waals surface area contributed by atoms with Gasteiger partial charge in [-0.3, -0.25) is 14.9 Å². The molecule has 0 spiro atoms. The third-order valence-corrected chi connectivity index (χ3v) is 3.90. The topological polar surface area (TPSA) is 90.1 Å². The Morgan fingerprint density at radius 2 is 2.27 bits per heavy atom. The zero-order valence-corrected chi connectivity index (χ0v) is 12.1. The number of hydrogen-bond donors (Lipinski definition) is 1. The van der Waals surface area contributed by atoms with E-state index in [1.807, 2.05) is 6.92 Å². The summed E-state index contributed by atoms with van der Waals surface area (Å²) in [6, 6.07) is 4.57. The molecule has 0 bridgehead atoms. The van der Waals surface area contributed by atoms with Gasteiger partial charge in [0.1, 0.15) is 5.69 Å². The number of nitrogens with one attached hydrogen (secondary N) is 1. The number of imidazole rings is 1. The SMILES string of the molecule is C[C@@H](NC(=O)c1ccc(-n2ccnc2)c([N+](=O)[O-])c1)C1CC1. The summed E-state index contributed by atoms with van der Waals surface area (Å²) >= 11 is 0. The predicted molar refractivity (Wildman–Crippen MR) is 79.9 cm³/mol. The molecule has 1 fully saturated rings. The molecule has 7 nitrogen and oxygen atoms in total. The molecule has 7 heteroatoms. The standard InChI is InChI=1S/C15H16N4O3/c1-10(11-2-3-11)17-15(20)12-4-5-13(14(8-12)19(21)22)18-7-6-16-9-18/h4-11H,2-3H2,1H3,(H,17,20)/t10-/m1/s1. The third-order valence-electron chi connectivity index (χ3n) is 3.90. The summed E-state index contributed by atoms with van der Waals surface area (Å²) in [6.07, 6.45) is 6.90. The second-order valence-electron chi connectivity index (χ2n) is 5.53. The van der Waals surface area contributed by atoms with Crippen LogP contribution >= 0.6 is 0 Å². The maximum atomic E-state index is 12.2. The Balaban J connectivity index is 1.88. The lowest BCUT2D eigenvalue weighted by Crippen LogP contribution is -2.34. The Bertz CT molecular complexity index is 708. The number of nitrogens with zero attached hydrogens (tertiary/aromatic N) is 3. The van der Waals surface area contributed by atoms with Crippen LogP contribution < -0.4 is 5.32 Å². The number of hydrogen-bond acceptors (Lipinski definition) is 4. The molecule has 114 valence electrons. The lowest BCUT2D eigenvalue weighted by Gasteiger charge is -2.13. The van der Waals surface area contributed by atoms with Crippen LogP contribution in [0, 0.1) is 16.0 Å².